The molecule has 0 spiro atoms. The Kier molecular flexibility index (Phi) is 8.57. The lowest BCUT2D eigenvalue weighted by Crippen LogP contribution is -2.37. The summed E-state index contributed by atoms with van der Waals surface area (Å²) in [7, 11) is -4.25. The third-order valence-electron chi connectivity index (χ3n) is 6.45. The number of aliphatic hydroxyl groups is 1. The number of fused-ring (bicyclic) bond motifs is 1. The fraction of sp³-hybridized carbons (Fsp3) is 0.538. The number of carbonyl (C=O) groups is 1. The number of ether oxygens (including phenoxy) is 2. The number of aromatic nitrogens is 4. The van der Waals surface area contributed by atoms with Gasteiger partial charge in [0.15, 0.2) is 29.4 Å². The molecule has 41 heavy (non-hydrogen) atoms. The smallest absolute Gasteiger partial charge is 0.459 e. The third kappa shape index (κ3) is 6.84. The van der Waals surface area contributed by atoms with Gasteiger partial charge in [-0.1, -0.05) is 18.2 Å². The summed E-state index contributed by atoms with van der Waals surface area (Å²) in [6.07, 6.45) is -2.96. The van der Waals surface area contributed by atoms with Gasteiger partial charge in [0.05, 0.1) is 19.0 Å². The van der Waals surface area contributed by atoms with Crippen molar-refractivity contribution in [3.8, 4) is 5.75 Å². The molecule has 13 nitrogen and oxygen atoms in total. The molecule has 5 rings (SSSR count). The van der Waals surface area contributed by atoms with E-state index in [1.807, 2.05) is 0 Å². The van der Waals surface area contributed by atoms with Gasteiger partial charge in [0.2, 0.25) is 0 Å². The van der Waals surface area contributed by atoms with Crippen molar-refractivity contribution in [1.82, 2.24) is 24.6 Å². The fourth-order valence-corrected chi connectivity index (χ4v) is 5.81. The Morgan fingerprint density at radius 3 is 2.66 bits per heavy atom. The highest BCUT2D eigenvalue weighted by atomic mass is 31.2. The average molecular weight is 593 g/mol. The lowest BCUT2D eigenvalue weighted by Gasteiger charge is -2.25. The van der Waals surface area contributed by atoms with Gasteiger partial charge >= 0.3 is 13.7 Å². The normalized spacial score (nSPS) is 24.8. The van der Waals surface area contributed by atoms with Crippen molar-refractivity contribution < 1.29 is 37.4 Å². The minimum Gasteiger partial charge on any atom is -0.462 e. The van der Waals surface area contributed by atoms with E-state index in [1.54, 1.807) is 51.1 Å². The number of anilines is 1. The van der Waals surface area contributed by atoms with E-state index in [1.165, 1.54) is 17.8 Å². The maximum absolute atomic E-state index is 15.4. The Hall–Kier alpha value is -3.16. The van der Waals surface area contributed by atoms with Gasteiger partial charge < -0.3 is 24.4 Å². The minimum atomic E-state index is -4.25. The molecule has 3 aromatic rings. The van der Waals surface area contributed by atoms with Crippen LogP contribution in [0.25, 0.3) is 11.2 Å². The fourth-order valence-electron chi connectivity index (χ4n) is 4.30. The van der Waals surface area contributed by atoms with Crippen LogP contribution in [0, 0.1) is 6.92 Å². The first-order valence-corrected chi connectivity index (χ1v) is 15.0. The number of halogens is 1. The minimum absolute atomic E-state index is 0.206. The van der Waals surface area contributed by atoms with Crippen molar-refractivity contribution in [3.63, 3.8) is 0 Å². The molecule has 15 heteroatoms. The zero-order valence-corrected chi connectivity index (χ0v) is 24.0. The molecule has 3 heterocycles. The van der Waals surface area contributed by atoms with E-state index in [-0.39, 0.29) is 5.75 Å². The predicted octanol–water partition coefficient (Wildman–Crippen LogP) is 3.44. The van der Waals surface area contributed by atoms with Crippen LogP contribution >= 0.6 is 7.75 Å². The quantitative estimate of drug-likeness (QED) is 0.208. The van der Waals surface area contributed by atoms with Crippen LogP contribution < -0.4 is 14.9 Å². The molecule has 2 aromatic heterocycles. The molecule has 2 fully saturated rings. The number of rotatable bonds is 12. The molecular formula is C26H34FN6O7P. The molecule has 1 aliphatic carbocycles. The first kappa shape index (κ1) is 29.3. The Labute approximate surface area is 236 Å². The number of alkyl halides is 1. The maximum Gasteiger partial charge on any atom is 0.459 e. The highest BCUT2D eigenvalue weighted by Crippen LogP contribution is 2.46. The van der Waals surface area contributed by atoms with Crippen LogP contribution in [0.3, 0.4) is 0 Å². The van der Waals surface area contributed by atoms with Gasteiger partial charge in [-0.05, 0) is 52.7 Å². The Morgan fingerprint density at radius 1 is 1.24 bits per heavy atom. The predicted molar refractivity (Wildman–Crippen MR) is 146 cm³/mol. The number of hydrogen-bond acceptors (Lipinski definition) is 11. The van der Waals surface area contributed by atoms with E-state index < -0.39 is 57.1 Å². The van der Waals surface area contributed by atoms with Crippen molar-refractivity contribution in [2.24, 2.45) is 0 Å². The lowest BCUT2D eigenvalue weighted by molar-refractivity contribution is -0.149. The molecule has 222 valence electrons. The van der Waals surface area contributed by atoms with Crippen molar-refractivity contribution >= 4 is 30.7 Å². The molecule has 1 aliphatic heterocycles. The largest absolute Gasteiger partial charge is 0.462 e. The third-order valence-corrected chi connectivity index (χ3v) is 8.10. The van der Waals surface area contributed by atoms with Crippen LogP contribution in [0.2, 0.25) is 0 Å². The van der Waals surface area contributed by atoms with Gasteiger partial charge in [0.1, 0.15) is 29.8 Å². The summed E-state index contributed by atoms with van der Waals surface area (Å²) in [6.45, 7) is 6.02. The average Bonchev–Trinajstić information content (AvgIpc) is 3.57. The lowest BCUT2D eigenvalue weighted by atomic mass is 10.1. The first-order valence-electron chi connectivity index (χ1n) is 13.5. The van der Waals surface area contributed by atoms with Crippen molar-refractivity contribution in [2.75, 3.05) is 11.9 Å². The summed E-state index contributed by atoms with van der Waals surface area (Å²) in [5.74, 6) is 0.558. The maximum atomic E-state index is 15.4. The number of hydrogen-bond donors (Lipinski definition) is 3. The van der Waals surface area contributed by atoms with Gasteiger partial charge in [-0.15, -0.1) is 0 Å². The molecule has 1 saturated heterocycles. The number of carbonyl (C=O) groups excluding carboxylic acids is 1. The topological polar surface area (TPSA) is 159 Å². The first-order chi connectivity index (χ1) is 19.5. The molecule has 6 atom stereocenters. The van der Waals surface area contributed by atoms with Crippen LogP contribution in [0.5, 0.6) is 5.75 Å². The van der Waals surface area contributed by atoms with Crippen LogP contribution in [0.1, 0.15) is 45.7 Å². The SMILES string of the molecule is Cc1nc(NC2CC2)c2ncn([C@@H]3O[C@H](CO[P@@](=O)(N[C@@H](C)C(=O)OC(C)C)Oc4ccccc4)[C@@H](O)[C@@H]3F)c2n1. The number of esters is 1. The summed E-state index contributed by atoms with van der Waals surface area (Å²) in [6, 6.07) is 7.45. The molecule has 2 aliphatic rings. The zero-order chi connectivity index (χ0) is 29.3. The highest BCUT2D eigenvalue weighted by Gasteiger charge is 2.47. The monoisotopic (exact) mass is 592 g/mol. The van der Waals surface area contributed by atoms with E-state index in [0.29, 0.717) is 28.8 Å². The van der Waals surface area contributed by atoms with Crippen molar-refractivity contribution in [1.29, 1.82) is 0 Å². The molecule has 1 saturated carbocycles. The van der Waals surface area contributed by atoms with Gasteiger partial charge in [-0.3, -0.25) is 13.9 Å². The number of imidazole rings is 1. The summed E-state index contributed by atoms with van der Waals surface area (Å²) in [5.41, 5.74) is 0.805. The molecular weight excluding hydrogens is 558 g/mol. The van der Waals surface area contributed by atoms with E-state index >= 15 is 4.39 Å². The van der Waals surface area contributed by atoms with E-state index in [2.05, 4.69) is 25.4 Å². The summed E-state index contributed by atoms with van der Waals surface area (Å²) in [5, 5.41) is 16.6. The van der Waals surface area contributed by atoms with Crippen LogP contribution in [-0.4, -0.2) is 73.8 Å². The molecule has 0 amide bonds. The van der Waals surface area contributed by atoms with Gasteiger partial charge in [0.25, 0.3) is 0 Å². The van der Waals surface area contributed by atoms with Crippen molar-refractivity contribution in [3.05, 3.63) is 42.5 Å². The van der Waals surface area contributed by atoms with E-state index in [0.717, 1.165) is 12.8 Å². The summed E-state index contributed by atoms with van der Waals surface area (Å²) in [4.78, 5) is 25.6. The number of aliphatic hydroxyl groups excluding tert-OH is 1. The van der Waals surface area contributed by atoms with E-state index in [4.69, 9.17) is 18.5 Å². The summed E-state index contributed by atoms with van der Waals surface area (Å²) < 4.78 is 52.8. The molecule has 1 aromatic carbocycles. The molecule has 0 unspecified atom stereocenters. The number of benzene rings is 1. The molecule has 3 N–H and O–H groups in total. The Bertz CT molecular complexity index is 1420. The van der Waals surface area contributed by atoms with Crippen LogP contribution in [-0.2, 0) is 23.4 Å². The highest BCUT2D eigenvalue weighted by molar-refractivity contribution is 7.52. The number of aryl methyl sites for hydroxylation is 1. The van der Waals surface area contributed by atoms with Crippen molar-refractivity contribution in [2.45, 2.75) is 83.3 Å². The second kappa shape index (κ2) is 12.0. The summed E-state index contributed by atoms with van der Waals surface area (Å²) >= 11 is 0. The van der Waals surface area contributed by atoms with Gasteiger partial charge in [-0.25, -0.2) is 23.9 Å². The van der Waals surface area contributed by atoms with Crippen LogP contribution in [0.4, 0.5) is 10.2 Å². The standard InChI is InChI=1S/C26H34FN6O7P/c1-14(2)38-26(35)15(3)32-41(36,40-18-8-6-5-7-9-18)37-12-19-22(34)20(27)25(39-19)33-13-28-21-23(31-17-10-11-17)29-16(4)30-24(21)33/h5-9,13-15,17,19-20,22,25,34H,10-12H2,1-4H3,(H,32,36)(H,29,30,31)/t15-,19+,20-,22+,25+,41-/m0/s1. The number of nitrogens with zero attached hydrogens (tertiary/aromatic N) is 4. The number of nitrogens with one attached hydrogen (secondary N) is 2. The zero-order valence-electron chi connectivity index (χ0n) is 23.1. The van der Waals surface area contributed by atoms with Crippen LogP contribution in [0.15, 0.2) is 36.7 Å². The molecule has 0 bridgehead atoms. The van der Waals surface area contributed by atoms with Gasteiger partial charge in [-0.2, -0.15) is 5.09 Å². The van der Waals surface area contributed by atoms with E-state index in [9.17, 15) is 14.5 Å². The molecule has 0 radical (unpaired) electrons. The Morgan fingerprint density at radius 2 is 1.98 bits per heavy atom. The second-order valence-corrected chi connectivity index (χ2v) is 12.1. The van der Waals surface area contributed by atoms with Gasteiger partial charge in [0, 0.05) is 6.04 Å². The Balaban J connectivity index is 1.32. The number of para-hydroxylation sites is 1. The second-order valence-electron chi connectivity index (χ2n) is 10.4.